The Labute approximate surface area is 235 Å². The third kappa shape index (κ3) is 10.3. The van der Waals surface area contributed by atoms with Gasteiger partial charge in [-0.1, -0.05) is 0 Å². The second-order valence-electron chi connectivity index (χ2n) is 10.4. The molecule has 7 heteroatoms. The molecule has 0 fully saturated rings. The van der Waals surface area contributed by atoms with Gasteiger partial charge in [-0.2, -0.15) is 0 Å². The molecule has 0 aliphatic carbocycles. The molecule has 0 amide bonds. The average molecular weight is 581 g/mol. The van der Waals surface area contributed by atoms with E-state index in [2.05, 4.69) is 41.5 Å². The monoisotopic (exact) mass is 580 g/mol. The van der Waals surface area contributed by atoms with Gasteiger partial charge in [0.25, 0.3) is 0 Å². The van der Waals surface area contributed by atoms with E-state index in [4.69, 9.17) is 12.7 Å². The maximum absolute atomic E-state index is 7.54. The molecule has 0 atom stereocenters. The molecule has 2 aromatic carbocycles. The van der Waals surface area contributed by atoms with Crippen molar-refractivity contribution in [1.82, 2.24) is 0 Å². The van der Waals surface area contributed by atoms with Crippen molar-refractivity contribution in [2.75, 3.05) is 0 Å². The van der Waals surface area contributed by atoms with Crippen LogP contribution in [-0.2, 0) is 24.2 Å². The predicted octanol–water partition coefficient (Wildman–Crippen LogP) is 10.3. The second-order valence-corrected chi connectivity index (χ2v) is 22.7. The van der Waals surface area contributed by atoms with Gasteiger partial charge < -0.3 is 0 Å². The molecular formula is C30H52O4Si2Ti. The minimum atomic E-state index is -4.37. The van der Waals surface area contributed by atoms with Crippen LogP contribution in [0, 0.1) is 0 Å². The van der Waals surface area contributed by atoms with E-state index in [0.29, 0.717) is 0 Å². The van der Waals surface area contributed by atoms with Crippen molar-refractivity contribution in [1.29, 1.82) is 0 Å². The van der Waals surface area contributed by atoms with Crippen molar-refractivity contribution in [2.45, 2.75) is 116 Å². The van der Waals surface area contributed by atoms with Gasteiger partial charge in [-0.05, 0) is 0 Å². The SMILES string of the molecule is CCC[Si](CCC)(CCC)[O][Ti]([O]c1ccccc1)([O]c1ccccc1)[O][Si](CCC)(CCC)CCC. The standard InChI is InChI=1S/2C9H21OSi.2C6H6O.Ti/c2*1-4-7-11(10,8-5-2)9-6-3;2*7-6-4-2-1-3-5-6;/h2*4-9H2,1-3H3;2*1-5,7H;/q2*-1;;;+4/p-2. The van der Waals surface area contributed by atoms with Crippen LogP contribution < -0.4 is 6.64 Å². The Bertz CT molecular complexity index is 748. The molecule has 4 nitrogen and oxygen atoms in total. The van der Waals surface area contributed by atoms with E-state index in [1.165, 1.54) is 0 Å². The van der Waals surface area contributed by atoms with Gasteiger partial charge in [-0.3, -0.25) is 0 Å². The van der Waals surface area contributed by atoms with Crippen molar-refractivity contribution in [3.63, 3.8) is 0 Å². The zero-order valence-electron chi connectivity index (χ0n) is 24.4. The number of benzene rings is 2. The third-order valence-corrected chi connectivity index (χ3v) is 24.6. The first-order valence-corrected chi connectivity index (χ1v) is 22.4. The Hall–Kier alpha value is -0.892. The van der Waals surface area contributed by atoms with E-state index in [1.54, 1.807) is 0 Å². The van der Waals surface area contributed by atoms with Crippen LogP contribution in [0.1, 0.15) is 80.1 Å². The molecular weight excluding hydrogens is 528 g/mol. The molecule has 208 valence electrons. The van der Waals surface area contributed by atoms with E-state index in [1.807, 2.05) is 60.7 Å². The van der Waals surface area contributed by atoms with E-state index in [9.17, 15) is 0 Å². The molecule has 0 unspecified atom stereocenters. The quantitative estimate of drug-likeness (QED) is 0.146. The van der Waals surface area contributed by atoms with Crippen LogP contribution in [0.5, 0.6) is 11.5 Å². The Balaban J connectivity index is 2.73. The molecule has 2 rings (SSSR count). The molecule has 0 heterocycles. The van der Waals surface area contributed by atoms with E-state index >= 15 is 0 Å². The molecule has 2 aromatic rings. The van der Waals surface area contributed by atoms with Crippen molar-refractivity contribution in [2.24, 2.45) is 0 Å². The number of rotatable bonds is 20. The molecule has 0 saturated heterocycles. The molecule has 37 heavy (non-hydrogen) atoms. The first-order valence-electron chi connectivity index (χ1n) is 14.8. The fraction of sp³-hybridized carbons (Fsp3) is 0.600. The normalized spacial score (nSPS) is 12.5. The van der Waals surface area contributed by atoms with Crippen LogP contribution in [0.3, 0.4) is 0 Å². The number of hydrogen-bond donors (Lipinski definition) is 0. The number of para-hydroxylation sites is 2. The fourth-order valence-electron chi connectivity index (χ4n) is 5.71. The molecule has 0 aliphatic heterocycles. The molecule has 0 bridgehead atoms. The van der Waals surface area contributed by atoms with E-state index in [-0.39, 0.29) is 0 Å². The zero-order chi connectivity index (χ0) is 27.0. The van der Waals surface area contributed by atoms with Crippen molar-refractivity contribution in [3.8, 4) is 11.5 Å². The van der Waals surface area contributed by atoms with Gasteiger partial charge in [-0.15, -0.1) is 0 Å². The van der Waals surface area contributed by atoms with Crippen LogP contribution in [0.15, 0.2) is 60.7 Å². The van der Waals surface area contributed by atoms with Gasteiger partial charge in [0.05, 0.1) is 0 Å². The Morgan fingerprint density at radius 3 is 0.973 bits per heavy atom. The Kier molecular flexibility index (Phi) is 14.8. The van der Waals surface area contributed by atoms with Gasteiger partial charge in [0.1, 0.15) is 0 Å². The van der Waals surface area contributed by atoms with Crippen molar-refractivity contribution >= 4 is 16.6 Å². The second kappa shape index (κ2) is 16.9. The Morgan fingerprint density at radius 1 is 0.459 bits per heavy atom. The van der Waals surface area contributed by atoms with Crippen LogP contribution in [-0.4, -0.2) is 16.6 Å². The summed E-state index contributed by atoms with van der Waals surface area (Å²) in [4.78, 5) is 0. The molecule has 0 N–H and O–H groups in total. The Morgan fingerprint density at radius 2 is 0.730 bits per heavy atom. The van der Waals surface area contributed by atoms with Crippen LogP contribution in [0.25, 0.3) is 0 Å². The summed E-state index contributed by atoms with van der Waals surface area (Å²) in [5.41, 5.74) is 0. The summed E-state index contributed by atoms with van der Waals surface area (Å²) in [6, 6.07) is 26.9. The molecule has 0 aliphatic rings. The minimum absolute atomic E-state index is 0.790. The van der Waals surface area contributed by atoms with Crippen LogP contribution >= 0.6 is 0 Å². The summed E-state index contributed by atoms with van der Waals surface area (Å²) in [7, 11) is -4.35. The van der Waals surface area contributed by atoms with Gasteiger partial charge in [0, 0.05) is 0 Å². The summed E-state index contributed by atoms with van der Waals surface area (Å²) in [5, 5.41) is 0. The van der Waals surface area contributed by atoms with Crippen molar-refractivity contribution < 1.29 is 30.8 Å². The van der Waals surface area contributed by atoms with Crippen molar-refractivity contribution in [3.05, 3.63) is 60.7 Å². The van der Waals surface area contributed by atoms with Crippen LogP contribution in [0.4, 0.5) is 0 Å². The first kappa shape index (κ1) is 32.3. The molecule has 0 spiro atoms. The van der Waals surface area contributed by atoms with Gasteiger partial charge in [-0.25, -0.2) is 0 Å². The number of hydrogen-bond acceptors (Lipinski definition) is 4. The molecule has 0 aromatic heterocycles. The predicted molar refractivity (Wildman–Crippen MR) is 158 cm³/mol. The summed E-state index contributed by atoms with van der Waals surface area (Å²) in [6.45, 7) is 13.7. The van der Waals surface area contributed by atoms with E-state index < -0.39 is 34.8 Å². The van der Waals surface area contributed by atoms with E-state index in [0.717, 1.165) is 86.3 Å². The summed E-state index contributed by atoms with van der Waals surface area (Å²) >= 11 is -4.37. The molecule has 0 radical (unpaired) electrons. The zero-order valence-corrected chi connectivity index (χ0v) is 28.0. The summed E-state index contributed by atoms with van der Waals surface area (Å²) in [5.74, 6) is 1.58. The van der Waals surface area contributed by atoms with Gasteiger partial charge in [0.15, 0.2) is 0 Å². The summed E-state index contributed by atoms with van der Waals surface area (Å²) in [6.07, 6.45) is 6.68. The summed E-state index contributed by atoms with van der Waals surface area (Å²) < 4.78 is 29.1. The topological polar surface area (TPSA) is 36.9 Å². The first-order chi connectivity index (χ1) is 17.9. The van der Waals surface area contributed by atoms with Gasteiger partial charge >= 0.3 is 236 Å². The third-order valence-electron chi connectivity index (χ3n) is 6.89. The fourth-order valence-corrected chi connectivity index (χ4v) is 25.3. The average Bonchev–Trinajstić information content (AvgIpc) is 2.86. The van der Waals surface area contributed by atoms with Crippen LogP contribution in [0.2, 0.25) is 36.3 Å². The molecule has 0 saturated carbocycles. The maximum atomic E-state index is 7.54. The van der Waals surface area contributed by atoms with Gasteiger partial charge in [0.2, 0.25) is 0 Å².